The number of fused-ring (bicyclic) bond motifs is 3. The van der Waals surface area contributed by atoms with Gasteiger partial charge in [-0.15, -0.1) is 0 Å². The van der Waals surface area contributed by atoms with Gasteiger partial charge in [-0.05, 0) is 74.0 Å². The van der Waals surface area contributed by atoms with Gasteiger partial charge < -0.3 is 0 Å². The van der Waals surface area contributed by atoms with Crippen LogP contribution < -0.4 is 0 Å². The van der Waals surface area contributed by atoms with Gasteiger partial charge in [0.1, 0.15) is 0 Å². The first-order valence-electron chi connectivity index (χ1n) is 10.0. The van der Waals surface area contributed by atoms with Crippen LogP contribution in [0.3, 0.4) is 0 Å². The van der Waals surface area contributed by atoms with Gasteiger partial charge >= 0.3 is 0 Å². The summed E-state index contributed by atoms with van der Waals surface area (Å²) < 4.78 is 0. The van der Waals surface area contributed by atoms with Gasteiger partial charge in [0.05, 0.1) is 0 Å². The molecule has 4 aliphatic carbocycles. The third-order valence-electron chi connectivity index (χ3n) is 7.53. The molecule has 4 saturated carbocycles. The molecule has 0 spiro atoms. The highest BCUT2D eigenvalue weighted by molar-refractivity contribution is 5.23. The molecular formula is C21H34. The molecule has 0 saturated heterocycles. The Balaban J connectivity index is 1.56. The molecule has 4 unspecified atom stereocenters. The predicted octanol–water partition coefficient (Wildman–Crippen LogP) is 6.37. The Morgan fingerprint density at radius 2 is 1.19 bits per heavy atom. The van der Waals surface area contributed by atoms with Crippen molar-refractivity contribution in [1.29, 1.82) is 0 Å². The average molecular weight is 287 g/mol. The Bertz CT molecular complexity index is 361. The zero-order valence-electron chi connectivity index (χ0n) is 14.0. The molecular weight excluding hydrogens is 252 g/mol. The van der Waals surface area contributed by atoms with Gasteiger partial charge in [-0.1, -0.05) is 57.1 Å². The van der Waals surface area contributed by atoms with Crippen LogP contribution >= 0.6 is 0 Å². The molecule has 0 amide bonds. The van der Waals surface area contributed by atoms with E-state index in [0.29, 0.717) is 0 Å². The molecule has 4 fully saturated rings. The van der Waals surface area contributed by atoms with Crippen molar-refractivity contribution in [2.45, 2.75) is 84.0 Å². The first kappa shape index (κ1) is 14.3. The second kappa shape index (κ2) is 6.09. The highest BCUT2D eigenvalue weighted by Gasteiger charge is 2.47. The molecule has 0 radical (unpaired) electrons. The van der Waals surface area contributed by atoms with E-state index in [1.165, 1.54) is 64.2 Å². The largest absolute Gasteiger partial charge is 0.0816 e. The normalized spacial score (nSPS) is 46.8. The monoisotopic (exact) mass is 286 g/mol. The van der Waals surface area contributed by atoms with Crippen LogP contribution in [0.15, 0.2) is 11.6 Å². The summed E-state index contributed by atoms with van der Waals surface area (Å²) in [6.45, 7) is 2.45. The maximum absolute atomic E-state index is 2.85. The van der Waals surface area contributed by atoms with Gasteiger partial charge in [-0.3, -0.25) is 0 Å². The second-order valence-corrected chi connectivity index (χ2v) is 8.80. The molecule has 4 aliphatic rings. The minimum atomic E-state index is 0.944. The molecule has 21 heavy (non-hydrogen) atoms. The van der Waals surface area contributed by atoms with E-state index < -0.39 is 0 Å². The second-order valence-electron chi connectivity index (χ2n) is 8.80. The summed E-state index contributed by atoms with van der Waals surface area (Å²) in [7, 11) is 0. The van der Waals surface area contributed by atoms with E-state index in [4.69, 9.17) is 0 Å². The molecule has 118 valence electrons. The Morgan fingerprint density at radius 1 is 0.667 bits per heavy atom. The number of hydrogen-bond acceptors (Lipinski definition) is 0. The minimum absolute atomic E-state index is 0.944. The summed E-state index contributed by atoms with van der Waals surface area (Å²) in [5.41, 5.74) is 1.99. The zero-order chi connectivity index (χ0) is 14.2. The van der Waals surface area contributed by atoms with Crippen LogP contribution in [0.2, 0.25) is 0 Å². The fraction of sp³-hybridized carbons (Fsp3) is 0.905. The van der Waals surface area contributed by atoms with Gasteiger partial charge in [0.25, 0.3) is 0 Å². The van der Waals surface area contributed by atoms with E-state index in [2.05, 4.69) is 13.0 Å². The molecule has 0 aromatic carbocycles. The van der Waals surface area contributed by atoms with Crippen LogP contribution in [0.25, 0.3) is 0 Å². The molecule has 0 aromatic rings. The molecule has 0 heterocycles. The Hall–Kier alpha value is -0.260. The summed E-state index contributed by atoms with van der Waals surface area (Å²) in [6, 6.07) is 0. The maximum atomic E-state index is 2.85. The van der Waals surface area contributed by atoms with E-state index in [1.807, 2.05) is 5.57 Å². The molecule has 4 rings (SSSR count). The van der Waals surface area contributed by atoms with Crippen molar-refractivity contribution in [2.24, 2.45) is 35.5 Å². The first-order valence-corrected chi connectivity index (χ1v) is 10.0. The molecule has 0 bridgehead atoms. The average Bonchev–Trinajstić information content (AvgIpc) is 2.85. The van der Waals surface area contributed by atoms with E-state index >= 15 is 0 Å². The van der Waals surface area contributed by atoms with Crippen molar-refractivity contribution in [3.8, 4) is 0 Å². The van der Waals surface area contributed by atoms with Gasteiger partial charge in [0, 0.05) is 0 Å². The number of rotatable bonds is 1. The fourth-order valence-corrected chi connectivity index (χ4v) is 6.42. The van der Waals surface area contributed by atoms with Crippen molar-refractivity contribution in [2.75, 3.05) is 0 Å². The third kappa shape index (κ3) is 2.73. The summed E-state index contributed by atoms with van der Waals surface area (Å²) in [5.74, 6) is 6.17. The SMILES string of the molecule is CC1CCC(C=C2C3CCCCC3C3CCCCC23)CC1. The van der Waals surface area contributed by atoms with Crippen molar-refractivity contribution >= 4 is 0 Å². The smallest absolute Gasteiger partial charge is 0.0169 e. The Morgan fingerprint density at radius 3 is 1.76 bits per heavy atom. The quantitative estimate of drug-likeness (QED) is 0.492. The Kier molecular flexibility index (Phi) is 4.16. The lowest BCUT2D eigenvalue weighted by atomic mass is 9.73. The lowest BCUT2D eigenvalue weighted by Gasteiger charge is -2.31. The summed E-state index contributed by atoms with van der Waals surface area (Å²) in [5, 5.41) is 0. The lowest BCUT2D eigenvalue weighted by molar-refractivity contribution is 0.184. The summed E-state index contributed by atoms with van der Waals surface area (Å²) in [4.78, 5) is 0. The van der Waals surface area contributed by atoms with Crippen LogP contribution in [0.5, 0.6) is 0 Å². The maximum Gasteiger partial charge on any atom is -0.0169 e. The molecule has 0 nitrogen and oxygen atoms in total. The van der Waals surface area contributed by atoms with Gasteiger partial charge in [-0.25, -0.2) is 0 Å². The summed E-state index contributed by atoms with van der Waals surface area (Å²) in [6.07, 6.45) is 21.1. The number of allylic oxidation sites excluding steroid dienone is 2. The fourth-order valence-electron chi connectivity index (χ4n) is 6.42. The van der Waals surface area contributed by atoms with Crippen LogP contribution in [0, 0.1) is 35.5 Å². The standard InChI is InChI=1S/C21H34/c1-15-10-12-16(13-11-15)14-21-19-8-4-2-6-17(19)18-7-3-5-9-20(18)21/h14-20H,2-13H2,1H3. The molecule has 0 N–H and O–H groups in total. The molecule has 0 heteroatoms. The van der Waals surface area contributed by atoms with Crippen LogP contribution in [0.4, 0.5) is 0 Å². The summed E-state index contributed by atoms with van der Waals surface area (Å²) >= 11 is 0. The molecule has 4 atom stereocenters. The third-order valence-corrected chi connectivity index (χ3v) is 7.53. The highest BCUT2D eigenvalue weighted by atomic mass is 14.5. The van der Waals surface area contributed by atoms with E-state index in [-0.39, 0.29) is 0 Å². The van der Waals surface area contributed by atoms with E-state index in [1.54, 1.807) is 12.8 Å². The van der Waals surface area contributed by atoms with Crippen molar-refractivity contribution in [3.05, 3.63) is 11.6 Å². The van der Waals surface area contributed by atoms with Crippen molar-refractivity contribution < 1.29 is 0 Å². The molecule has 0 aromatic heterocycles. The van der Waals surface area contributed by atoms with Crippen molar-refractivity contribution in [1.82, 2.24) is 0 Å². The van der Waals surface area contributed by atoms with E-state index in [9.17, 15) is 0 Å². The van der Waals surface area contributed by atoms with Gasteiger partial charge in [0.2, 0.25) is 0 Å². The molecule has 0 aliphatic heterocycles. The van der Waals surface area contributed by atoms with Gasteiger partial charge in [0.15, 0.2) is 0 Å². The van der Waals surface area contributed by atoms with Crippen molar-refractivity contribution in [3.63, 3.8) is 0 Å². The first-order chi connectivity index (χ1) is 10.3. The highest BCUT2D eigenvalue weighted by Crippen LogP contribution is 2.57. The van der Waals surface area contributed by atoms with E-state index in [0.717, 1.165) is 35.5 Å². The number of hydrogen-bond donors (Lipinski definition) is 0. The zero-order valence-corrected chi connectivity index (χ0v) is 14.0. The topological polar surface area (TPSA) is 0 Å². The van der Waals surface area contributed by atoms with Crippen LogP contribution in [0.1, 0.15) is 84.0 Å². The lowest BCUT2D eigenvalue weighted by Crippen LogP contribution is -2.22. The van der Waals surface area contributed by atoms with Crippen LogP contribution in [-0.4, -0.2) is 0 Å². The predicted molar refractivity (Wildman–Crippen MR) is 90.1 cm³/mol. The Labute approximate surface area is 131 Å². The van der Waals surface area contributed by atoms with Crippen LogP contribution in [-0.2, 0) is 0 Å². The van der Waals surface area contributed by atoms with Gasteiger partial charge in [-0.2, -0.15) is 0 Å². The minimum Gasteiger partial charge on any atom is -0.0816 e.